The third kappa shape index (κ3) is 6.91. The fourth-order valence-corrected chi connectivity index (χ4v) is 11.7. The van der Waals surface area contributed by atoms with Gasteiger partial charge in [-0.15, -0.1) is 0 Å². The molecular weight excluding hydrogens is 439 g/mol. The maximum absolute atomic E-state index is 10.1. The number of aliphatic hydroxyl groups excluding tert-OH is 1. The molecule has 0 bridgehead atoms. The monoisotopic (exact) mass is 478 g/mol. The molecule has 0 aliphatic rings. The third-order valence-electron chi connectivity index (χ3n) is 6.24. The molecule has 2 rings (SSSR count). The molecule has 2 aromatic carbocycles. The van der Waals surface area contributed by atoms with Gasteiger partial charge in [0.05, 0.1) is 0 Å². The molecule has 0 spiro atoms. The van der Waals surface area contributed by atoms with Crippen molar-refractivity contribution in [1.29, 1.82) is 0 Å². The second-order valence-electron chi connectivity index (χ2n) is 8.40. The number of halogens is 1. The van der Waals surface area contributed by atoms with Crippen LogP contribution in [0.3, 0.4) is 0 Å². The summed E-state index contributed by atoms with van der Waals surface area (Å²) in [5, 5.41) is 10.2. The van der Waals surface area contributed by atoms with Crippen molar-refractivity contribution in [1.82, 2.24) is 0 Å². The van der Waals surface area contributed by atoms with Gasteiger partial charge < -0.3 is 0 Å². The van der Waals surface area contributed by atoms with Crippen LogP contribution in [0.15, 0.2) is 60.7 Å². The first kappa shape index (κ1) is 24.6. The van der Waals surface area contributed by atoms with Gasteiger partial charge in [-0.05, 0) is 0 Å². The molecule has 0 heterocycles. The quantitative estimate of drug-likeness (QED) is 0.208. The Labute approximate surface area is 187 Å². The summed E-state index contributed by atoms with van der Waals surface area (Å²) >= 11 is 4.36. The molecule has 162 valence electrons. The zero-order valence-corrected chi connectivity index (χ0v) is 20.7. The number of rotatable bonds is 15. The van der Waals surface area contributed by atoms with Gasteiger partial charge in [-0.25, -0.2) is 0 Å². The van der Waals surface area contributed by atoms with Gasteiger partial charge in [-0.3, -0.25) is 0 Å². The molecule has 1 N–H and O–H groups in total. The molecule has 2 aromatic rings. The maximum atomic E-state index is 10.1. The molecule has 0 saturated heterocycles. The van der Waals surface area contributed by atoms with E-state index in [2.05, 4.69) is 83.1 Å². The van der Waals surface area contributed by atoms with Crippen LogP contribution in [-0.4, -0.2) is 24.0 Å². The Balaban J connectivity index is 2.00. The van der Waals surface area contributed by atoms with E-state index >= 15 is 0 Å². The van der Waals surface area contributed by atoms with E-state index in [0.717, 1.165) is 12.3 Å². The summed E-state index contributed by atoms with van der Waals surface area (Å²) in [6, 6.07) is 21.7. The topological polar surface area (TPSA) is 20.2 Å². The molecule has 0 aromatic heterocycles. The first-order valence-corrected chi connectivity index (χ1v) is 16.2. The fourth-order valence-electron chi connectivity index (χ4n) is 4.45. The molecule has 0 fully saturated rings. The van der Waals surface area contributed by atoms with Crippen LogP contribution in [0.1, 0.15) is 71.1 Å². The molecular formula is C26H40BrOP. The van der Waals surface area contributed by atoms with Crippen LogP contribution in [0.25, 0.3) is 0 Å². The Morgan fingerprint density at radius 2 is 1.03 bits per heavy atom. The van der Waals surface area contributed by atoms with E-state index in [-0.39, 0.29) is 6.61 Å². The van der Waals surface area contributed by atoms with Gasteiger partial charge in [0, 0.05) is 0 Å². The molecule has 3 heteroatoms. The van der Waals surface area contributed by atoms with E-state index in [9.17, 15) is 5.11 Å². The van der Waals surface area contributed by atoms with Crippen LogP contribution in [0.2, 0.25) is 0 Å². The summed E-state index contributed by atoms with van der Waals surface area (Å²) in [7, 11) is 0. The first-order valence-electron chi connectivity index (χ1n) is 11.6. The Morgan fingerprint density at radius 3 is 1.45 bits per heavy atom. The average Bonchev–Trinajstić information content (AvgIpc) is 2.77. The molecule has 29 heavy (non-hydrogen) atoms. The second-order valence-corrected chi connectivity index (χ2v) is 18.2. The summed E-state index contributed by atoms with van der Waals surface area (Å²) in [6.45, 7) is 2.49. The van der Waals surface area contributed by atoms with Gasteiger partial charge >= 0.3 is 187 Å². The van der Waals surface area contributed by atoms with Gasteiger partial charge in [0.2, 0.25) is 0 Å². The van der Waals surface area contributed by atoms with Crippen molar-refractivity contribution in [3.05, 3.63) is 60.7 Å². The third-order valence-corrected chi connectivity index (χ3v) is 16.2. The molecule has 0 unspecified atom stereocenters. The van der Waals surface area contributed by atoms with Crippen LogP contribution in [0.4, 0.5) is 0 Å². The predicted molar refractivity (Wildman–Crippen MR) is 137 cm³/mol. The molecule has 0 saturated carbocycles. The number of hydrogen-bond acceptors (Lipinski definition) is 1. The van der Waals surface area contributed by atoms with Gasteiger partial charge in [-0.1, -0.05) is 0 Å². The minimum atomic E-state index is -2.58. The number of hydrogen-bond donors (Lipinski definition) is 1. The summed E-state index contributed by atoms with van der Waals surface area (Å²) in [5.74, 6) is 0. The van der Waals surface area contributed by atoms with Crippen molar-refractivity contribution in [2.24, 2.45) is 0 Å². The van der Waals surface area contributed by atoms with E-state index < -0.39 is 5.31 Å². The Kier molecular flexibility index (Phi) is 10.9. The number of unbranched alkanes of at least 4 members (excludes halogenated alkanes) is 9. The van der Waals surface area contributed by atoms with Gasteiger partial charge in [0.15, 0.2) is 0 Å². The van der Waals surface area contributed by atoms with Crippen LogP contribution in [0, 0.1) is 0 Å². The van der Waals surface area contributed by atoms with Crippen molar-refractivity contribution in [2.75, 3.05) is 18.9 Å². The van der Waals surface area contributed by atoms with Crippen molar-refractivity contribution in [3.63, 3.8) is 0 Å². The van der Waals surface area contributed by atoms with Gasteiger partial charge in [0.25, 0.3) is 0 Å². The molecule has 0 radical (unpaired) electrons. The summed E-state index contributed by atoms with van der Waals surface area (Å²) in [5.41, 5.74) is 0. The van der Waals surface area contributed by atoms with E-state index in [4.69, 9.17) is 0 Å². The van der Waals surface area contributed by atoms with Crippen molar-refractivity contribution >= 4 is 31.4 Å². The average molecular weight is 479 g/mol. The van der Waals surface area contributed by atoms with E-state index in [0.29, 0.717) is 0 Å². The number of benzene rings is 2. The zero-order valence-electron chi connectivity index (χ0n) is 18.2. The van der Waals surface area contributed by atoms with Crippen LogP contribution in [-0.2, 0) is 0 Å². The van der Waals surface area contributed by atoms with Crippen LogP contribution in [0.5, 0.6) is 0 Å². The van der Waals surface area contributed by atoms with E-state index in [1.165, 1.54) is 74.8 Å². The SMILES string of the molecule is CCCCCCCCCCCCP(Br)(CCO)(c1ccccc1)c1ccccc1. The van der Waals surface area contributed by atoms with E-state index in [1.807, 2.05) is 0 Å². The van der Waals surface area contributed by atoms with Crippen LogP contribution < -0.4 is 10.6 Å². The normalized spacial score (nSPS) is 13.1. The van der Waals surface area contributed by atoms with Crippen molar-refractivity contribution in [2.45, 2.75) is 71.1 Å². The molecule has 0 aliphatic carbocycles. The molecule has 1 nitrogen and oxygen atoms in total. The first-order chi connectivity index (χ1) is 14.1. The Bertz CT molecular complexity index is 634. The molecule has 0 aliphatic heterocycles. The Hall–Kier alpha value is -0.690. The predicted octanol–water partition coefficient (Wildman–Crippen LogP) is 7.41. The Morgan fingerprint density at radius 1 is 0.621 bits per heavy atom. The summed E-state index contributed by atoms with van der Waals surface area (Å²) in [6.07, 6.45) is 15.4. The van der Waals surface area contributed by atoms with Gasteiger partial charge in [-0.2, -0.15) is 0 Å². The summed E-state index contributed by atoms with van der Waals surface area (Å²) in [4.78, 5) is 0. The second kappa shape index (κ2) is 12.9. The van der Waals surface area contributed by atoms with Gasteiger partial charge in [0.1, 0.15) is 0 Å². The summed E-state index contributed by atoms with van der Waals surface area (Å²) < 4.78 is 0. The molecule has 0 atom stereocenters. The fraction of sp³-hybridized carbons (Fsp3) is 0.538. The van der Waals surface area contributed by atoms with Crippen molar-refractivity contribution in [3.8, 4) is 0 Å². The standard InChI is InChI=1S/C26H40BrOP/c1-2-3-4-5-6-7-8-9-10-17-23-29(27,24-22-28,25-18-13-11-14-19-25)26-20-15-12-16-21-26/h11-16,18-21,28H,2-10,17,22-24H2,1H3. The van der Waals surface area contributed by atoms with Crippen LogP contribution >= 0.6 is 20.8 Å². The minimum absolute atomic E-state index is 0.213. The zero-order chi connectivity index (χ0) is 20.9. The van der Waals surface area contributed by atoms with E-state index in [1.54, 1.807) is 0 Å². The van der Waals surface area contributed by atoms with Crippen molar-refractivity contribution < 1.29 is 5.11 Å². The number of aliphatic hydroxyl groups is 1. The molecule has 0 amide bonds.